The average Bonchev–Trinajstić information content (AvgIpc) is 2.18. The van der Waals surface area contributed by atoms with E-state index in [2.05, 4.69) is 37.8 Å². The maximum Gasteiger partial charge on any atom is 0.119 e. The molecule has 0 aliphatic carbocycles. The number of rotatable bonds is 4. The third-order valence-electron chi connectivity index (χ3n) is 3.32. The van der Waals surface area contributed by atoms with E-state index >= 15 is 0 Å². The van der Waals surface area contributed by atoms with E-state index in [-0.39, 0.29) is 0 Å². The van der Waals surface area contributed by atoms with Crippen molar-refractivity contribution in [3.63, 3.8) is 0 Å². The summed E-state index contributed by atoms with van der Waals surface area (Å²) in [5.74, 6) is 0.987. The Morgan fingerprint density at radius 1 is 1.31 bits per heavy atom. The van der Waals surface area contributed by atoms with Crippen LogP contribution in [0.15, 0.2) is 24.3 Å². The van der Waals surface area contributed by atoms with Crippen LogP contribution in [-0.4, -0.2) is 30.1 Å². The van der Waals surface area contributed by atoms with Gasteiger partial charge in [-0.3, -0.25) is 4.90 Å². The van der Waals surface area contributed by atoms with Crippen LogP contribution in [0.2, 0.25) is 0 Å². The molecular formula is C14H21NO. The standard InChI is InChI=1S/C14H21NO/c1-11(2)15-9-8-13(15)10-16-14-6-4-12(3)5-7-14/h4-7,11,13H,8-10H2,1-3H3. The highest BCUT2D eigenvalue weighted by Crippen LogP contribution is 2.21. The van der Waals surface area contributed by atoms with Crippen LogP contribution in [0.1, 0.15) is 25.8 Å². The zero-order valence-corrected chi connectivity index (χ0v) is 10.4. The molecule has 1 aromatic carbocycles. The molecule has 0 amide bonds. The molecule has 1 atom stereocenters. The quantitative estimate of drug-likeness (QED) is 0.772. The van der Waals surface area contributed by atoms with Crippen LogP contribution < -0.4 is 4.74 Å². The van der Waals surface area contributed by atoms with Gasteiger partial charge in [0, 0.05) is 18.6 Å². The van der Waals surface area contributed by atoms with E-state index in [9.17, 15) is 0 Å². The van der Waals surface area contributed by atoms with Crippen LogP contribution >= 0.6 is 0 Å². The highest BCUT2D eigenvalue weighted by molar-refractivity contribution is 5.26. The normalized spacial score (nSPS) is 20.9. The van der Waals surface area contributed by atoms with Gasteiger partial charge in [-0.1, -0.05) is 17.7 Å². The molecule has 0 saturated carbocycles. The second-order valence-corrected chi connectivity index (χ2v) is 4.90. The lowest BCUT2D eigenvalue weighted by atomic mass is 10.0. The second-order valence-electron chi connectivity index (χ2n) is 4.90. The van der Waals surface area contributed by atoms with Gasteiger partial charge in [0.15, 0.2) is 0 Å². The highest BCUT2D eigenvalue weighted by atomic mass is 16.5. The fraction of sp³-hybridized carbons (Fsp3) is 0.571. The van der Waals surface area contributed by atoms with Gasteiger partial charge in [-0.05, 0) is 39.3 Å². The van der Waals surface area contributed by atoms with Gasteiger partial charge in [-0.2, -0.15) is 0 Å². The lowest BCUT2D eigenvalue weighted by Gasteiger charge is -2.43. The third-order valence-corrected chi connectivity index (χ3v) is 3.32. The smallest absolute Gasteiger partial charge is 0.119 e. The van der Waals surface area contributed by atoms with Gasteiger partial charge in [0.1, 0.15) is 12.4 Å². The summed E-state index contributed by atoms with van der Waals surface area (Å²) in [5, 5.41) is 0. The van der Waals surface area contributed by atoms with Crippen molar-refractivity contribution in [2.24, 2.45) is 0 Å². The molecule has 1 aliphatic rings. The molecule has 1 aromatic rings. The minimum absolute atomic E-state index is 0.612. The number of nitrogens with zero attached hydrogens (tertiary/aromatic N) is 1. The van der Waals surface area contributed by atoms with Crippen LogP contribution in [0.3, 0.4) is 0 Å². The molecule has 0 aromatic heterocycles. The molecule has 1 saturated heterocycles. The Bertz CT molecular complexity index is 331. The first kappa shape index (κ1) is 11.5. The first-order chi connectivity index (χ1) is 7.66. The molecule has 1 fully saturated rings. The SMILES string of the molecule is Cc1ccc(OCC2CCN2C(C)C)cc1. The first-order valence-electron chi connectivity index (χ1n) is 6.12. The zero-order chi connectivity index (χ0) is 11.5. The lowest BCUT2D eigenvalue weighted by molar-refractivity contribution is 0.0241. The van der Waals surface area contributed by atoms with Crippen molar-refractivity contribution in [2.75, 3.05) is 13.2 Å². The fourth-order valence-electron chi connectivity index (χ4n) is 2.15. The molecule has 0 radical (unpaired) electrons. The predicted molar refractivity (Wildman–Crippen MR) is 66.9 cm³/mol. The Balaban J connectivity index is 1.81. The van der Waals surface area contributed by atoms with E-state index in [1.54, 1.807) is 0 Å². The van der Waals surface area contributed by atoms with Crippen molar-refractivity contribution in [2.45, 2.75) is 39.3 Å². The number of benzene rings is 1. The summed E-state index contributed by atoms with van der Waals surface area (Å²) in [6, 6.07) is 9.54. The maximum atomic E-state index is 5.80. The van der Waals surface area contributed by atoms with E-state index in [1.165, 1.54) is 18.5 Å². The average molecular weight is 219 g/mol. The van der Waals surface area contributed by atoms with Gasteiger partial charge in [0.2, 0.25) is 0 Å². The Morgan fingerprint density at radius 2 is 2.00 bits per heavy atom. The third kappa shape index (κ3) is 2.56. The predicted octanol–water partition coefficient (Wildman–Crippen LogP) is 2.86. The van der Waals surface area contributed by atoms with Crippen LogP contribution in [0.4, 0.5) is 0 Å². The molecule has 16 heavy (non-hydrogen) atoms. The number of ether oxygens (including phenoxy) is 1. The maximum absolute atomic E-state index is 5.80. The summed E-state index contributed by atoms with van der Waals surface area (Å²) in [6.07, 6.45) is 1.27. The highest BCUT2D eigenvalue weighted by Gasteiger charge is 2.30. The van der Waals surface area contributed by atoms with Gasteiger partial charge in [-0.15, -0.1) is 0 Å². The fourth-order valence-corrected chi connectivity index (χ4v) is 2.15. The lowest BCUT2D eigenvalue weighted by Crippen LogP contribution is -2.54. The molecule has 1 aliphatic heterocycles. The molecule has 0 N–H and O–H groups in total. The molecule has 88 valence electrons. The summed E-state index contributed by atoms with van der Waals surface area (Å²) >= 11 is 0. The molecule has 0 spiro atoms. The minimum Gasteiger partial charge on any atom is -0.492 e. The Morgan fingerprint density at radius 3 is 2.50 bits per heavy atom. The Kier molecular flexibility index (Phi) is 3.49. The summed E-state index contributed by atoms with van der Waals surface area (Å²) in [4.78, 5) is 2.49. The molecule has 1 unspecified atom stereocenters. The first-order valence-corrected chi connectivity index (χ1v) is 6.12. The summed E-state index contributed by atoms with van der Waals surface area (Å²) in [5.41, 5.74) is 1.28. The van der Waals surface area contributed by atoms with Gasteiger partial charge in [-0.25, -0.2) is 0 Å². The van der Waals surface area contributed by atoms with E-state index in [0.717, 1.165) is 12.4 Å². The number of aryl methyl sites for hydroxylation is 1. The van der Waals surface area contributed by atoms with E-state index < -0.39 is 0 Å². The largest absolute Gasteiger partial charge is 0.492 e. The van der Waals surface area contributed by atoms with Crippen molar-refractivity contribution in [1.82, 2.24) is 4.90 Å². The van der Waals surface area contributed by atoms with Crippen molar-refractivity contribution in [3.05, 3.63) is 29.8 Å². The molecule has 2 rings (SSSR count). The van der Waals surface area contributed by atoms with Gasteiger partial charge in [0.05, 0.1) is 0 Å². The van der Waals surface area contributed by atoms with Gasteiger partial charge in [0.25, 0.3) is 0 Å². The number of hydrogen-bond donors (Lipinski definition) is 0. The molecule has 2 heteroatoms. The van der Waals surface area contributed by atoms with Crippen molar-refractivity contribution in [3.8, 4) is 5.75 Å². The van der Waals surface area contributed by atoms with Crippen molar-refractivity contribution in [1.29, 1.82) is 0 Å². The number of hydrogen-bond acceptors (Lipinski definition) is 2. The summed E-state index contributed by atoms with van der Waals surface area (Å²) in [7, 11) is 0. The second kappa shape index (κ2) is 4.88. The molecule has 2 nitrogen and oxygen atoms in total. The van der Waals surface area contributed by atoms with Crippen LogP contribution in [0.5, 0.6) is 5.75 Å². The van der Waals surface area contributed by atoms with Crippen LogP contribution in [-0.2, 0) is 0 Å². The Hall–Kier alpha value is -1.02. The van der Waals surface area contributed by atoms with Gasteiger partial charge < -0.3 is 4.74 Å². The summed E-state index contributed by atoms with van der Waals surface area (Å²) in [6.45, 7) is 8.63. The van der Waals surface area contributed by atoms with Crippen LogP contribution in [0.25, 0.3) is 0 Å². The van der Waals surface area contributed by atoms with Crippen LogP contribution in [0, 0.1) is 6.92 Å². The molecule has 1 heterocycles. The van der Waals surface area contributed by atoms with Gasteiger partial charge >= 0.3 is 0 Å². The Labute approximate surface area is 98.2 Å². The molecule has 0 bridgehead atoms. The summed E-state index contributed by atoms with van der Waals surface area (Å²) < 4.78 is 5.80. The van der Waals surface area contributed by atoms with E-state index in [4.69, 9.17) is 4.74 Å². The van der Waals surface area contributed by atoms with Crippen molar-refractivity contribution >= 4 is 0 Å². The zero-order valence-electron chi connectivity index (χ0n) is 10.4. The van der Waals surface area contributed by atoms with Crippen molar-refractivity contribution < 1.29 is 4.74 Å². The van der Waals surface area contributed by atoms with E-state index in [0.29, 0.717) is 12.1 Å². The van der Waals surface area contributed by atoms with E-state index in [1.807, 2.05) is 12.1 Å². The topological polar surface area (TPSA) is 12.5 Å². The number of likely N-dealkylation sites (tertiary alicyclic amines) is 1. The minimum atomic E-state index is 0.612. The monoisotopic (exact) mass is 219 g/mol. The molecular weight excluding hydrogens is 198 g/mol.